The third-order valence-corrected chi connectivity index (χ3v) is 6.00. The molecule has 1 atom stereocenters. The average Bonchev–Trinajstić information content (AvgIpc) is 2.79. The second-order valence-corrected chi connectivity index (χ2v) is 8.26. The normalized spacial score (nSPS) is 18.4. The van der Waals surface area contributed by atoms with E-state index < -0.39 is 52.5 Å². The van der Waals surface area contributed by atoms with Gasteiger partial charge in [-0.1, -0.05) is 17.6 Å². The van der Waals surface area contributed by atoms with Gasteiger partial charge in [-0.25, -0.2) is 9.38 Å². The highest BCUT2D eigenvalue weighted by molar-refractivity contribution is 8.15. The number of amidine groups is 1. The maximum Gasteiger partial charge on any atom is 0.406 e. The number of nitrogens with zero attached hydrogens (tertiary/aromatic N) is 2. The summed E-state index contributed by atoms with van der Waals surface area (Å²) in [6, 6.07) is 1.99. The molecule has 1 aliphatic rings. The van der Waals surface area contributed by atoms with E-state index in [1.807, 2.05) is 0 Å². The lowest BCUT2D eigenvalue weighted by molar-refractivity contribution is -0.150. The van der Waals surface area contributed by atoms with E-state index in [1.165, 1.54) is 6.92 Å². The van der Waals surface area contributed by atoms with Gasteiger partial charge in [0.25, 0.3) is 0 Å². The fraction of sp³-hybridized carbons (Fsp3) is 0.400. The number of hydrogen-bond donors (Lipinski definition) is 0. The summed E-state index contributed by atoms with van der Waals surface area (Å²) in [6.07, 6.45) is -9.15. The van der Waals surface area contributed by atoms with Crippen LogP contribution in [0.2, 0.25) is 0 Å². The first-order chi connectivity index (χ1) is 12.3. The summed E-state index contributed by atoms with van der Waals surface area (Å²) in [7, 11) is -1.55. The molecule has 0 aromatic heterocycles. The van der Waals surface area contributed by atoms with Gasteiger partial charge in [0.2, 0.25) is 5.91 Å². The maximum absolute atomic E-state index is 14.2. The molecule has 3 nitrogen and oxygen atoms in total. The summed E-state index contributed by atoms with van der Waals surface area (Å²) in [6.45, 7) is -0.174. The lowest BCUT2D eigenvalue weighted by atomic mass is 10.2. The molecule has 1 aliphatic heterocycles. The molecular formula is C15H13F7N2OS2. The van der Waals surface area contributed by atoms with Gasteiger partial charge in [0.15, 0.2) is 5.17 Å². The van der Waals surface area contributed by atoms with Crippen LogP contribution in [0.3, 0.4) is 0 Å². The van der Waals surface area contributed by atoms with Crippen LogP contribution in [-0.4, -0.2) is 52.2 Å². The first kappa shape index (κ1) is 21.7. The van der Waals surface area contributed by atoms with Crippen LogP contribution in [-0.2, 0) is 4.79 Å². The zero-order valence-electron chi connectivity index (χ0n) is 13.7. The van der Waals surface area contributed by atoms with Crippen LogP contribution >= 0.6 is 22.2 Å². The molecule has 1 fully saturated rings. The fourth-order valence-corrected chi connectivity index (χ4v) is 4.47. The molecule has 0 bridgehead atoms. The summed E-state index contributed by atoms with van der Waals surface area (Å²) in [4.78, 5) is 15.9. The smallest absolute Gasteiger partial charge is 0.281 e. The number of carbonyl (C=O) groups excluding carboxylic acids is 1. The Hall–Kier alpha value is -1.56. The van der Waals surface area contributed by atoms with Crippen molar-refractivity contribution in [2.75, 3.05) is 18.1 Å². The third-order valence-electron chi connectivity index (χ3n) is 3.30. The largest absolute Gasteiger partial charge is 0.406 e. The second-order valence-electron chi connectivity index (χ2n) is 5.60. The van der Waals surface area contributed by atoms with Gasteiger partial charge in [-0.05, 0) is 24.6 Å². The molecule has 12 heteroatoms. The van der Waals surface area contributed by atoms with Crippen molar-refractivity contribution in [1.82, 2.24) is 4.90 Å². The number of aryl methyl sites for hydroxylation is 1. The van der Waals surface area contributed by atoms with E-state index in [0.29, 0.717) is 16.7 Å². The number of rotatable bonds is 4. The number of hydrogen-bond acceptors (Lipinski definition) is 3. The number of carbonyl (C=O) groups is 1. The zero-order chi connectivity index (χ0) is 20.6. The zero-order valence-corrected chi connectivity index (χ0v) is 15.4. The van der Waals surface area contributed by atoms with Crippen molar-refractivity contribution in [2.24, 2.45) is 4.99 Å². The molecule has 1 aromatic rings. The number of aliphatic imine (C=N–C) groups is 1. The lowest BCUT2D eigenvalue weighted by Gasteiger charge is -2.18. The minimum atomic E-state index is -4.68. The molecule has 0 saturated carbocycles. The number of halogens is 7. The van der Waals surface area contributed by atoms with Crippen molar-refractivity contribution in [3.8, 4) is 0 Å². The van der Waals surface area contributed by atoms with Gasteiger partial charge in [-0.3, -0.25) is 9.69 Å². The molecular weight excluding hydrogens is 421 g/mol. The van der Waals surface area contributed by atoms with Gasteiger partial charge in [0.1, 0.15) is 18.0 Å². The molecule has 1 saturated heterocycles. The van der Waals surface area contributed by atoms with Crippen LogP contribution in [0.15, 0.2) is 22.0 Å². The molecule has 0 aliphatic carbocycles. The number of benzene rings is 1. The summed E-state index contributed by atoms with van der Waals surface area (Å²) in [5, 5.41) is -0.356. The van der Waals surface area contributed by atoms with Gasteiger partial charge >= 0.3 is 12.4 Å². The summed E-state index contributed by atoms with van der Waals surface area (Å²) < 4.78 is 89.8. The second kappa shape index (κ2) is 7.82. The molecule has 0 spiro atoms. The Labute approximate surface area is 156 Å². The molecule has 1 aromatic carbocycles. The van der Waals surface area contributed by atoms with Crippen LogP contribution in [0, 0.1) is 12.7 Å². The predicted molar refractivity (Wildman–Crippen MR) is 92.4 cm³/mol. The quantitative estimate of drug-likeness (QED) is 0.500. The molecule has 150 valence electrons. The maximum atomic E-state index is 14.2. The predicted octanol–water partition coefficient (Wildman–Crippen LogP) is 4.88. The van der Waals surface area contributed by atoms with E-state index >= 15 is 0 Å². The highest BCUT2D eigenvalue weighted by Crippen LogP contribution is 2.38. The Morgan fingerprint density at radius 2 is 1.85 bits per heavy atom. The monoisotopic (exact) mass is 434 g/mol. The van der Waals surface area contributed by atoms with E-state index in [-0.39, 0.29) is 21.4 Å². The number of amides is 1. The van der Waals surface area contributed by atoms with Crippen molar-refractivity contribution in [3.63, 3.8) is 0 Å². The fourth-order valence-electron chi connectivity index (χ4n) is 2.23. The molecule has 0 N–H and O–H groups in total. The van der Waals surface area contributed by atoms with E-state index in [1.54, 1.807) is 0 Å². The third kappa shape index (κ3) is 5.96. The van der Waals surface area contributed by atoms with Gasteiger partial charge in [0, 0.05) is 4.90 Å². The van der Waals surface area contributed by atoms with Gasteiger partial charge in [-0.15, -0.1) is 0 Å². The van der Waals surface area contributed by atoms with Crippen molar-refractivity contribution in [1.29, 1.82) is 0 Å². The Morgan fingerprint density at radius 1 is 1.22 bits per heavy atom. The topological polar surface area (TPSA) is 32.7 Å². The minimum Gasteiger partial charge on any atom is -0.281 e. The minimum absolute atomic E-state index is 0.102. The average molecular weight is 434 g/mol. The number of alkyl halides is 6. The van der Waals surface area contributed by atoms with Crippen LogP contribution < -0.4 is 0 Å². The van der Waals surface area contributed by atoms with Crippen LogP contribution in [0.1, 0.15) is 5.56 Å². The van der Waals surface area contributed by atoms with Gasteiger partial charge in [0.05, 0.1) is 11.5 Å². The van der Waals surface area contributed by atoms with Crippen LogP contribution in [0.25, 0.3) is 0 Å². The Bertz CT molecular complexity index is 803. The summed E-state index contributed by atoms with van der Waals surface area (Å²) in [5.74, 6) is 0.191. The van der Waals surface area contributed by atoms with Crippen molar-refractivity contribution >= 4 is 44.9 Å². The molecule has 1 amide bonds. The van der Waals surface area contributed by atoms with Crippen molar-refractivity contribution < 1.29 is 35.5 Å². The van der Waals surface area contributed by atoms with E-state index in [9.17, 15) is 35.5 Å². The summed E-state index contributed by atoms with van der Waals surface area (Å²) in [5.41, 5.74) is -0.218. The first-order valence-corrected chi connectivity index (χ1v) is 9.78. The highest BCUT2D eigenvalue weighted by Gasteiger charge is 2.39. The van der Waals surface area contributed by atoms with Crippen LogP contribution in [0.4, 0.5) is 36.4 Å². The Kier molecular flexibility index (Phi) is 6.30. The molecule has 1 heterocycles. The number of thioether (sulfide) groups is 1. The van der Waals surface area contributed by atoms with Crippen LogP contribution in [0.5, 0.6) is 0 Å². The van der Waals surface area contributed by atoms with Crippen molar-refractivity contribution in [3.05, 3.63) is 23.5 Å². The van der Waals surface area contributed by atoms with Gasteiger partial charge in [-0.2, -0.15) is 36.8 Å². The van der Waals surface area contributed by atoms with E-state index in [4.69, 9.17) is 0 Å². The molecule has 0 radical (unpaired) electrons. The standard InChI is InChI=1S/C15H13F7N2OS2/c1-8-3-9(16)10(4-11(8)27(2)7-15(20,21)22)23-13-24(6-14(17,18)19)12(25)5-26-13/h3-4H,2,5-7H2,1H3/t27-/m0/s1. The van der Waals surface area contributed by atoms with E-state index in [0.717, 1.165) is 12.1 Å². The summed E-state index contributed by atoms with van der Waals surface area (Å²) >= 11 is 0.698. The highest BCUT2D eigenvalue weighted by atomic mass is 32.2. The first-order valence-electron chi connectivity index (χ1n) is 7.23. The van der Waals surface area contributed by atoms with Gasteiger partial charge < -0.3 is 0 Å². The molecule has 0 unspecified atom stereocenters. The molecule has 27 heavy (non-hydrogen) atoms. The van der Waals surface area contributed by atoms with Crippen molar-refractivity contribution in [2.45, 2.75) is 24.2 Å². The Balaban J connectivity index is 2.40. The molecule has 2 rings (SSSR count). The lowest BCUT2D eigenvalue weighted by Crippen LogP contribution is -2.38. The Morgan fingerprint density at radius 3 is 2.41 bits per heavy atom. The SMILES string of the molecule is C=[S@@](CC(F)(F)F)c1cc(N=C2SCC(=O)N2CC(F)(F)F)c(F)cc1C. The van der Waals surface area contributed by atoms with E-state index in [2.05, 4.69) is 10.9 Å².